The molecule has 0 unspecified atom stereocenters. The van der Waals surface area contributed by atoms with E-state index >= 15 is 0 Å². The second-order valence-corrected chi connectivity index (χ2v) is 6.47. The van der Waals surface area contributed by atoms with Gasteiger partial charge in [-0.05, 0) is 39.1 Å². The number of imidazole rings is 1. The Morgan fingerprint density at radius 1 is 1.24 bits per heavy atom. The van der Waals surface area contributed by atoms with E-state index in [0.717, 1.165) is 24.3 Å². The zero-order valence-electron chi connectivity index (χ0n) is 13.2. The van der Waals surface area contributed by atoms with E-state index in [1.54, 1.807) is 0 Å². The summed E-state index contributed by atoms with van der Waals surface area (Å²) < 4.78 is 2.40. The fraction of sp³-hybridized carbons (Fsp3) is 0.588. The maximum absolute atomic E-state index is 6.14. The lowest BCUT2D eigenvalue weighted by molar-refractivity contribution is 0.369. The van der Waals surface area contributed by atoms with E-state index in [4.69, 9.17) is 10.7 Å². The van der Waals surface area contributed by atoms with Gasteiger partial charge in [-0.2, -0.15) is 0 Å². The van der Waals surface area contributed by atoms with Crippen molar-refractivity contribution in [2.24, 2.45) is 0 Å². The van der Waals surface area contributed by atoms with Crippen LogP contribution in [0.5, 0.6) is 0 Å². The van der Waals surface area contributed by atoms with Crippen LogP contribution in [0.15, 0.2) is 18.2 Å². The molecule has 1 aromatic heterocycles. The fourth-order valence-corrected chi connectivity index (χ4v) is 3.39. The zero-order chi connectivity index (χ0) is 14.8. The molecule has 0 amide bonds. The van der Waals surface area contributed by atoms with Crippen molar-refractivity contribution in [2.75, 3.05) is 26.4 Å². The molecule has 2 N–H and O–H groups in total. The first-order valence-corrected chi connectivity index (χ1v) is 8.06. The van der Waals surface area contributed by atoms with Gasteiger partial charge in [-0.1, -0.05) is 25.3 Å². The van der Waals surface area contributed by atoms with Gasteiger partial charge in [0, 0.05) is 19.0 Å². The van der Waals surface area contributed by atoms with Gasteiger partial charge in [-0.3, -0.25) is 0 Å². The molecule has 1 saturated carbocycles. The zero-order valence-corrected chi connectivity index (χ0v) is 13.2. The van der Waals surface area contributed by atoms with Gasteiger partial charge >= 0.3 is 0 Å². The summed E-state index contributed by atoms with van der Waals surface area (Å²) in [4.78, 5) is 7.16. The molecule has 1 aromatic carbocycles. The molecule has 0 radical (unpaired) electrons. The first kappa shape index (κ1) is 14.4. The van der Waals surface area contributed by atoms with E-state index in [1.807, 2.05) is 12.1 Å². The quantitative estimate of drug-likeness (QED) is 0.878. The van der Waals surface area contributed by atoms with E-state index in [0.29, 0.717) is 5.92 Å². The van der Waals surface area contributed by atoms with Crippen molar-refractivity contribution in [3.63, 3.8) is 0 Å². The van der Waals surface area contributed by atoms with Crippen molar-refractivity contribution < 1.29 is 0 Å². The molecule has 0 saturated heterocycles. The summed E-state index contributed by atoms with van der Waals surface area (Å²) in [6.07, 6.45) is 6.57. The third-order valence-corrected chi connectivity index (χ3v) is 4.58. The van der Waals surface area contributed by atoms with Gasteiger partial charge in [0.2, 0.25) is 0 Å². The first-order valence-electron chi connectivity index (χ1n) is 8.06. The van der Waals surface area contributed by atoms with E-state index in [9.17, 15) is 0 Å². The number of rotatable bonds is 4. The summed E-state index contributed by atoms with van der Waals surface area (Å²) in [6, 6.07) is 6.15. The van der Waals surface area contributed by atoms with Crippen LogP contribution in [-0.2, 0) is 6.54 Å². The third-order valence-electron chi connectivity index (χ3n) is 4.58. The average molecular weight is 286 g/mol. The highest BCUT2D eigenvalue weighted by Crippen LogP contribution is 2.34. The molecule has 0 bridgehead atoms. The number of aromatic nitrogens is 2. The summed E-state index contributed by atoms with van der Waals surface area (Å²) in [5.74, 6) is 1.86. The van der Waals surface area contributed by atoms with Crippen molar-refractivity contribution in [3.8, 4) is 0 Å². The lowest BCUT2D eigenvalue weighted by atomic mass is 9.88. The molecule has 1 aliphatic carbocycles. The number of hydrogen-bond donors (Lipinski definition) is 1. The Balaban J connectivity index is 2.03. The van der Waals surface area contributed by atoms with Gasteiger partial charge in [0.05, 0.1) is 11.2 Å². The minimum Gasteiger partial charge on any atom is -0.397 e. The molecule has 1 heterocycles. The lowest BCUT2D eigenvalue weighted by Crippen LogP contribution is -2.21. The van der Waals surface area contributed by atoms with Crippen molar-refractivity contribution >= 4 is 16.7 Å². The number of para-hydroxylation sites is 1. The number of nitrogens with zero attached hydrogens (tertiary/aromatic N) is 3. The molecule has 4 heteroatoms. The molecular weight excluding hydrogens is 260 g/mol. The molecule has 0 spiro atoms. The predicted octanol–water partition coefficient (Wildman–Crippen LogP) is 3.23. The summed E-state index contributed by atoms with van der Waals surface area (Å²) in [6.45, 7) is 2.01. The Bertz CT molecular complexity index is 609. The highest BCUT2D eigenvalue weighted by Gasteiger charge is 2.22. The third kappa shape index (κ3) is 2.91. The predicted molar refractivity (Wildman–Crippen MR) is 88.5 cm³/mol. The van der Waals surface area contributed by atoms with Gasteiger partial charge in [-0.15, -0.1) is 0 Å². The number of nitrogens with two attached hydrogens (primary N) is 1. The maximum Gasteiger partial charge on any atom is 0.113 e. The number of anilines is 1. The Morgan fingerprint density at radius 3 is 2.71 bits per heavy atom. The molecule has 1 fully saturated rings. The van der Waals surface area contributed by atoms with Crippen LogP contribution < -0.4 is 5.73 Å². The summed E-state index contributed by atoms with van der Waals surface area (Å²) in [7, 11) is 4.24. The van der Waals surface area contributed by atoms with Crippen LogP contribution in [0.4, 0.5) is 5.69 Å². The molecular formula is C17H26N4. The molecule has 21 heavy (non-hydrogen) atoms. The average Bonchev–Trinajstić information content (AvgIpc) is 2.86. The minimum atomic E-state index is 0.604. The highest BCUT2D eigenvalue weighted by molar-refractivity contribution is 5.87. The van der Waals surface area contributed by atoms with Gasteiger partial charge in [0.25, 0.3) is 0 Å². The van der Waals surface area contributed by atoms with Gasteiger partial charge in [0.1, 0.15) is 11.3 Å². The van der Waals surface area contributed by atoms with E-state index in [2.05, 4.69) is 29.6 Å². The Labute approximate surface area is 126 Å². The smallest absolute Gasteiger partial charge is 0.113 e. The summed E-state index contributed by atoms with van der Waals surface area (Å²) in [5.41, 5.74) is 9.11. The molecule has 4 nitrogen and oxygen atoms in total. The minimum absolute atomic E-state index is 0.604. The van der Waals surface area contributed by atoms with Gasteiger partial charge in [0.15, 0.2) is 0 Å². The van der Waals surface area contributed by atoms with Crippen LogP contribution in [-0.4, -0.2) is 35.1 Å². The van der Waals surface area contributed by atoms with E-state index < -0.39 is 0 Å². The number of likely N-dealkylation sites (N-methyl/N-ethyl adjacent to an activating group) is 1. The largest absolute Gasteiger partial charge is 0.397 e. The molecule has 2 aromatic rings. The second-order valence-electron chi connectivity index (χ2n) is 6.47. The van der Waals surface area contributed by atoms with E-state index in [-0.39, 0.29) is 0 Å². The summed E-state index contributed by atoms with van der Waals surface area (Å²) >= 11 is 0. The lowest BCUT2D eigenvalue weighted by Gasteiger charge is -2.23. The second kappa shape index (κ2) is 6.06. The van der Waals surface area contributed by atoms with Crippen molar-refractivity contribution in [3.05, 3.63) is 24.0 Å². The maximum atomic E-state index is 6.14. The number of fused-ring (bicyclic) bond motifs is 1. The molecule has 114 valence electrons. The molecule has 3 rings (SSSR count). The molecule has 0 atom stereocenters. The number of benzene rings is 1. The van der Waals surface area contributed by atoms with Crippen molar-refractivity contribution in [1.82, 2.24) is 14.5 Å². The van der Waals surface area contributed by atoms with Gasteiger partial charge < -0.3 is 15.2 Å². The highest BCUT2D eigenvalue weighted by atomic mass is 15.1. The Hall–Kier alpha value is -1.55. The summed E-state index contributed by atoms with van der Waals surface area (Å²) in [5, 5.41) is 0. The SMILES string of the molecule is CN(C)CCn1c(C2CCCCC2)nc2c(N)cccc21. The number of hydrogen-bond acceptors (Lipinski definition) is 3. The van der Waals surface area contributed by atoms with Crippen molar-refractivity contribution in [2.45, 2.75) is 44.6 Å². The van der Waals surface area contributed by atoms with Gasteiger partial charge in [-0.25, -0.2) is 4.98 Å². The van der Waals surface area contributed by atoms with Crippen LogP contribution >= 0.6 is 0 Å². The Kier molecular flexibility index (Phi) is 4.15. The fourth-order valence-electron chi connectivity index (χ4n) is 3.39. The molecule has 1 aliphatic rings. The van der Waals surface area contributed by atoms with Crippen LogP contribution in [0.25, 0.3) is 11.0 Å². The van der Waals surface area contributed by atoms with Crippen LogP contribution in [0.2, 0.25) is 0 Å². The molecule has 0 aliphatic heterocycles. The van der Waals surface area contributed by atoms with Crippen LogP contribution in [0.1, 0.15) is 43.8 Å². The van der Waals surface area contributed by atoms with Crippen molar-refractivity contribution in [1.29, 1.82) is 0 Å². The Morgan fingerprint density at radius 2 is 2.00 bits per heavy atom. The number of nitrogen functional groups attached to an aromatic ring is 1. The van der Waals surface area contributed by atoms with E-state index in [1.165, 1.54) is 43.4 Å². The first-order chi connectivity index (χ1) is 10.2. The monoisotopic (exact) mass is 286 g/mol. The van der Waals surface area contributed by atoms with Crippen LogP contribution in [0, 0.1) is 0 Å². The van der Waals surface area contributed by atoms with Crippen LogP contribution in [0.3, 0.4) is 0 Å². The standard InChI is InChI=1S/C17H26N4/c1-20(2)11-12-21-15-10-6-9-14(18)16(15)19-17(21)13-7-4-3-5-8-13/h6,9-10,13H,3-5,7-8,11-12,18H2,1-2H3. The normalized spacial score (nSPS) is 16.9. The topological polar surface area (TPSA) is 47.1 Å².